The Morgan fingerprint density at radius 3 is 2.52 bits per heavy atom. The quantitative estimate of drug-likeness (QED) is 0.676. The average molecular weight is 322 g/mol. The number of rotatable bonds is 5. The SMILES string of the molecule is C[C@H](Oc1ccc([N+](=O)[O-])cc1F)C(=O)Nc1ccccc1F. The molecule has 2 aromatic carbocycles. The maximum atomic E-state index is 13.7. The van der Waals surface area contributed by atoms with Gasteiger partial charge in [-0.25, -0.2) is 8.78 Å². The largest absolute Gasteiger partial charge is 0.478 e. The van der Waals surface area contributed by atoms with Gasteiger partial charge in [-0.2, -0.15) is 0 Å². The van der Waals surface area contributed by atoms with Crippen molar-refractivity contribution in [3.63, 3.8) is 0 Å². The Hall–Kier alpha value is -3.03. The zero-order chi connectivity index (χ0) is 17.0. The number of benzene rings is 2. The minimum absolute atomic E-state index is 0.0304. The van der Waals surface area contributed by atoms with Crippen molar-refractivity contribution in [1.29, 1.82) is 0 Å². The predicted octanol–water partition coefficient (Wildman–Crippen LogP) is 3.28. The van der Waals surface area contributed by atoms with Gasteiger partial charge in [0.05, 0.1) is 16.7 Å². The molecule has 0 aliphatic carbocycles. The molecule has 0 radical (unpaired) electrons. The van der Waals surface area contributed by atoms with E-state index in [2.05, 4.69) is 5.32 Å². The number of nitrogens with zero attached hydrogens (tertiary/aromatic N) is 1. The van der Waals surface area contributed by atoms with Crippen LogP contribution in [0.4, 0.5) is 20.2 Å². The lowest BCUT2D eigenvalue weighted by Gasteiger charge is -2.15. The van der Waals surface area contributed by atoms with E-state index in [4.69, 9.17) is 4.74 Å². The van der Waals surface area contributed by atoms with Gasteiger partial charge in [0, 0.05) is 6.07 Å². The first kappa shape index (κ1) is 16.3. The summed E-state index contributed by atoms with van der Waals surface area (Å²) in [7, 11) is 0. The Morgan fingerprint density at radius 2 is 1.91 bits per heavy atom. The maximum absolute atomic E-state index is 13.7. The number of non-ortho nitro benzene ring substituents is 1. The molecule has 0 saturated heterocycles. The summed E-state index contributed by atoms with van der Waals surface area (Å²) in [6, 6.07) is 8.36. The molecular formula is C15H12F2N2O4. The first-order valence-electron chi connectivity index (χ1n) is 6.54. The highest BCUT2D eigenvalue weighted by Gasteiger charge is 2.19. The number of nitro benzene ring substituents is 1. The summed E-state index contributed by atoms with van der Waals surface area (Å²) in [5.74, 6) is -2.58. The molecule has 0 spiro atoms. The number of carbonyl (C=O) groups is 1. The number of carbonyl (C=O) groups excluding carboxylic acids is 1. The Balaban J connectivity index is 2.07. The fraction of sp³-hybridized carbons (Fsp3) is 0.133. The Kier molecular flexibility index (Phi) is 4.85. The molecule has 8 heteroatoms. The van der Waals surface area contributed by atoms with Crippen molar-refractivity contribution in [3.05, 3.63) is 64.2 Å². The summed E-state index contributed by atoms with van der Waals surface area (Å²) in [6.07, 6.45) is -1.13. The van der Waals surface area contributed by atoms with Gasteiger partial charge in [0.25, 0.3) is 11.6 Å². The minimum atomic E-state index is -1.13. The van der Waals surface area contributed by atoms with Crippen LogP contribution in [0.2, 0.25) is 0 Å². The van der Waals surface area contributed by atoms with Crippen LogP contribution in [0.15, 0.2) is 42.5 Å². The number of nitrogens with one attached hydrogen (secondary N) is 1. The molecule has 0 fully saturated rings. The van der Waals surface area contributed by atoms with E-state index in [1.165, 1.54) is 25.1 Å². The number of nitro groups is 1. The highest BCUT2D eigenvalue weighted by molar-refractivity contribution is 5.94. The third-order valence-corrected chi connectivity index (χ3v) is 2.93. The maximum Gasteiger partial charge on any atom is 0.272 e. The molecule has 23 heavy (non-hydrogen) atoms. The van der Waals surface area contributed by atoms with E-state index in [1.54, 1.807) is 6.07 Å². The summed E-state index contributed by atoms with van der Waals surface area (Å²) >= 11 is 0. The smallest absolute Gasteiger partial charge is 0.272 e. The average Bonchev–Trinajstić information content (AvgIpc) is 2.51. The van der Waals surface area contributed by atoms with Gasteiger partial charge in [-0.15, -0.1) is 0 Å². The Morgan fingerprint density at radius 1 is 1.22 bits per heavy atom. The van der Waals surface area contributed by atoms with Crippen LogP contribution in [0.1, 0.15) is 6.92 Å². The summed E-state index contributed by atoms with van der Waals surface area (Å²) in [5, 5.41) is 12.8. The van der Waals surface area contributed by atoms with E-state index in [9.17, 15) is 23.7 Å². The summed E-state index contributed by atoms with van der Waals surface area (Å²) in [6.45, 7) is 1.34. The number of hydrogen-bond donors (Lipinski definition) is 1. The molecule has 0 aliphatic rings. The van der Waals surface area contributed by atoms with E-state index in [1.807, 2.05) is 0 Å². The van der Waals surface area contributed by atoms with Crippen molar-refractivity contribution < 1.29 is 23.2 Å². The molecule has 2 rings (SSSR count). The first-order chi connectivity index (χ1) is 10.9. The van der Waals surface area contributed by atoms with Gasteiger partial charge in [-0.1, -0.05) is 12.1 Å². The van der Waals surface area contributed by atoms with Crippen LogP contribution in [0.25, 0.3) is 0 Å². The van der Waals surface area contributed by atoms with Gasteiger partial charge in [0.15, 0.2) is 17.7 Å². The molecular weight excluding hydrogens is 310 g/mol. The van der Waals surface area contributed by atoms with E-state index in [0.717, 1.165) is 12.1 Å². The molecule has 0 bridgehead atoms. The Bertz CT molecular complexity index is 752. The molecule has 120 valence electrons. The van der Waals surface area contributed by atoms with Crippen LogP contribution in [0.5, 0.6) is 5.75 Å². The second kappa shape index (κ2) is 6.82. The summed E-state index contributed by atoms with van der Waals surface area (Å²) in [4.78, 5) is 21.7. The normalized spacial score (nSPS) is 11.6. The summed E-state index contributed by atoms with van der Waals surface area (Å²) < 4.78 is 32.3. The standard InChI is InChI=1S/C15H12F2N2O4/c1-9(15(20)18-13-5-3-2-4-11(13)16)23-14-7-6-10(19(21)22)8-12(14)17/h2-9H,1H3,(H,18,20)/t9-/m0/s1. The van der Waals surface area contributed by atoms with Crippen LogP contribution >= 0.6 is 0 Å². The lowest BCUT2D eigenvalue weighted by molar-refractivity contribution is -0.385. The lowest BCUT2D eigenvalue weighted by Crippen LogP contribution is -2.30. The summed E-state index contributed by atoms with van der Waals surface area (Å²) in [5.41, 5.74) is -0.463. The molecule has 1 amide bonds. The van der Waals surface area contributed by atoms with Gasteiger partial charge >= 0.3 is 0 Å². The van der Waals surface area contributed by atoms with Crippen molar-refractivity contribution in [3.8, 4) is 5.75 Å². The second-order valence-corrected chi connectivity index (χ2v) is 4.60. The van der Waals surface area contributed by atoms with Gasteiger partial charge in [0.1, 0.15) is 5.82 Å². The van der Waals surface area contributed by atoms with Crippen molar-refractivity contribution in [2.75, 3.05) is 5.32 Å². The van der Waals surface area contributed by atoms with Crippen LogP contribution in [-0.2, 0) is 4.79 Å². The number of para-hydroxylation sites is 1. The van der Waals surface area contributed by atoms with Crippen LogP contribution < -0.4 is 10.1 Å². The van der Waals surface area contributed by atoms with Gasteiger partial charge in [-0.05, 0) is 25.1 Å². The van der Waals surface area contributed by atoms with Gasteiger partial charge in [-0.3, -0.25) is 14.9 Å². The van der Waals surface area contributed by atoms with Crippen molar-refractivity contribution in [2.45, 2.75) is 13.0 Å². The number of hydrogen-bond acceptors (Lipinski definition) is 4. The molecule has 1 atom stereocenters. The van der Waals surface area contributed by atoms with Crippen molar-refractivity contribution in [1.82, 2.24) is 0 Å². The lowest BCUT2D eigenvalue weighted by atomic mass is 10.2. The topological polar surface area (TPSA) is 81.5 Å². The molecule has 1 N–H and O–H groups in total. The van der Waals surface area contributed by atoms with Crippen LogP contribution in [0.3, 0.4) is 0 Å². The van der Waals surface area contributed by atoms with E-state index in [-0.39, 0.29) is 11.4 Å². The van der Waals surface area contributed by atoms with E-state index < -0.39 is 34.3 Å². The van der Waals surface area contributed by atoms with Gasteiger partial charge < -0.3 is 10.1 Å². The second-order valence-electron chi connectivity index (χ2n) is 4.60. The minimum Gasteiger partial charge on any atom is -0.478 e. The third kappa shape index (κ3) is 4.00. The molecule has 6 nitrogen and oxygen atoms in total. The molecule has 0 heterocycles. The molecule has 0 unspecified atom stereocenters. The van der Waals surface area contributed by atoms with Crippen molar-refractivity contribution in [2.24, 2.45) is 0 Å². The number of ether oxygens (including phenoxy) is 1. The van der Waals surface area contributed by atoms with Crippen LogP contribution in [-0.4, -0.2) is 16.9 Å². The molecule has 0 aliphatic heterocycles. The predicted molar refractivity (Wildman–Crippen MR) is 78.2 cm³/mol. The molecule has 2 aromatic rings. The highest BCUT2D eigenvalue weighted by Crippen LogP contribution is 2.23. The number of amides is 1. The first-order valence-corrected chi connectivity index (χ1v) is 6.54. The number of halogens is 2. The van der Waals surface area contributed by atoms with Crippen molar-refractivity contribution >= 4 is 17.3 Å². The van der Waals surface area contributed by atoms with Gasteiger partial charge in [0.2, 0.25) is 0 Å². The zero-order valence-corrected chi connectivity index (χ0v) is 12.0. The zero-order valence-electron chi connectivity index (χ0n) is 12.0. The number of anilines is 1. The van der Waals surface area contributed by atoms with E-state index in [0.29, 0.717) is 6.07 Å². The highest BCUT2D eigenvalue weighted by atomic mass is 19.1. The third-order valence-electron chi connectivity index (χ3n) is 2.93. The van der Waals surface area contributed by atoms with E-state index >= 15 is 0 Å². The fourth-order valence-corrected chi connectivity index (χ4v) is 1.74. The Labute approximate surface area is 129 Å². The molecule has 0 saturated carbocycles. The fourth-order valence-electron chi connectivity index (χ4n) is 1.74. The monoisotopic (exact) mass is 322 g/mol. The molecule has 0 aromatic heterocycles. The van der Waals surface area contributed by atoms with Crippen LogP contribution in [0, 0.1) is 21.7 Å².